The number of nitrogens with one attached hydrogen (secondary N) is 1. The highest BCUT2D eigenvalue weighted by atomic mass is 35.5. The molecule has 1 rings (SSSR count). The van der Waals surface area contributed by atoms with Gasteiger partial charge in [0.15, 0.2) is 0 Å². The van der Waals surface area contributed by atoms with Crippen LogP contribution in [0, 0.1) is 0 Å². The molecule has 1 aromatic rings. The van der Waals surface area contributed by atoms with Gasteiger partial charge in [0.25, 0.3) is 0 Å². The summed E-state index contributed by atoms with van der Waals surface area (Å²) in [6.07, 6.45) is 4.36. The maximum absolute atomic E-state index is 5.58. The van der Waals surface area contributed by atoms with Gasteiger partial charge in [0, 0.05) is 12.7 Å². The molecule has 0 unspecified atom stereocenters. The van der Waals surface area contributed by atoms with Crippen molar-refractivity contribution in [2.75, 3.05) is 11.9 Å². The SMILES string of the molecule is C=CCCNc1ccnc(Cl)n1. The molecule has 1 N–H and O–H groups in total. The summed E-state index contributed by atoms with van der Waals surface area (Å²) >= 11 is 5.58. The molecule has 0 saturated heterocycles. The first-order chi connectivity index (χ1) is 5.83. The van der Waals surface area contributed by atoms with E-state index in [9.17, 15) is 0 Å². The highest BCUT2D eigenvalue weighted by Crippen LogP contribution is 2.05. The van der Waals surface area contributed by atoms with E-state index in [4.69, 9.17) is 11.6 Å². The molecule has 4 heteroatoms. The second kappa shape index (κ2) is 4.72. The maximum atomic E-state index is 5.58. The van der Waals surface area contributed by atoms with E-state index < -0.39 is 0 Å². The molecule has 64 valence electrons. The average Bonchev–Trinajstić information content (AvgIpc) is 2.05. The van der Waals surface area contributed by atoms with Crippen LogP contribution in [0.4, 0.5) is 5.82 Å². The Kier molecular flexibility index (Phi) is 3.54. The van der Waals surface area contributed by atoms with Crippen molar-refractivity contribution in [2.24, 2.45) is 0 Å². The van der Waals surface area contributed by atoms with Crippen LogP contribution in [0.5, 0.6) is 0 Å². The van der Waals surface area contributed by atoms with E-state index in [1.807, 2.05) is 6.08 Å². The van der Waals surface area contributed by atoms with E-state index in [2.05, 4.69) is 21.9 Å². The highest BCUT2D eigenvalue weighted by Gasteiger charge is 1.93. The Bertz CT molecular complexity index is 262. The molecule has 1 aromatic heterocycles. The second-order valence-corrected chi connectivity index (χ2v) is 2.55. The minimum absolute atomic E-state index is 0.263. The van der Waals surface area contributed by atoms with Crippen LogP contribution in [0.1, 0.15) is 6.42 Å². The molecule has 0 atom stereocenters. The van der Waals surface area contributed by atoms with Crippen molar-refractivity contribution in [3.63, 3.8) is 0 Å². The van der Waals surface area contributed by atoms with Crippen LogP contribution < -0.4 is 5.32 Å². The summed E-state index contributed by atoms with van der Waals surface area (Å²) in [5.74, 6) is 0.747. The van der Waals surface area contributed by atoms with Gasteiger partial charge in [0.2, 0.25) is 5.28 Å². The summed E-state index contributed by atoms with van der Waals surface area (Å²) in [5.41, 5.74) is 0. The van der Waals surface area contributed by atoms with Crippen LogP contribution in [-0.2, 0) is 0 Å². The summed E-state index contributed by atoms with van der Waals surface area (Å²) < 4.78 is 0. The van der Waals surface area contributed by atoms with Gasteiger partial charge in [-0.25, -0.2) is 9.97 Å². The lowest BCUT2D eigenvalue weighted by atomic mass is 10.4. The molecular formula is C8H10ClN3. The Balaban J connectivity index is 2.46. The summed E-state index contributed by atoms with van der Waals surface area (Å²) in [6.45, 7) is 4.43. The van der Waals surface area contributed by atoms with Crippen molar-refractivity contribution >= 4 is 17.4 Å². The largest absolute Gasteiger partial charge is 0.370 e. The summed E-state index contributed by atoms with van der Waals surface area (Å²) in [4.78, 5) is 7.72. The maximum Gasteiger partial charge on any atom is 0.224 e. The highest BCUT2D eigenvalue weighted by molar-refractivity contribution is 6.28. The standard InChI is InChI=1S/C8H10ClN3/c1-2-3-5-10-7-4-6-11-8(9)12-7/h2,4,6H,1,3,5H2,(H,10,11,12). The molecule has 0 amide bonds. The molecule has 0 spiro atoms. The van der Waals surface area contributed by atoms with Crippen LogP contribution in [0.25, 0.3) is 0 Å². The molecule has 1 heterocycles. The lowest BCUT2D eigenvalue weighted by molar-refractivity contribution is 1.04. The quantitative estimate of drug-likeness (QED) is 0.442. The Labute approximate surface area is 76.5 Å². The number of hydrogen-bond donors (Lipinski definition) is 1. The van der Waals surface area contributed by atoms with Gasteiger partial charge < -0.3 is 5.32 Å². The molecule has 0 bridgehead atoms. The van der Waals surface area contributed by atoms with E-state index in [-0.39, 0.29) is 5.28 Å². The third-order valence-corrected chi connectivity index (χ3v) is 1.46. The fourth-order valence-electron chi connectivity index (χ4n) is 0.736. The Hall–Kier alpha value is -1.09. The van der Waals surface area contributed by atoms with E-state index in [0.29, 0.717) is 0 Å². The molecule has 12 heavy (non-hydrogen) atoms. The average molecular weight is 184 g/mol. The van der Waals surface area contributed by atoms with Crippen molar-refractivity contribution in [1.29, 1.82) is 0 Å². The van der Waals surface area contributed by atoms with Crippen LogP contribution in [0.2, 0.25) is 5.28 Å². The molecule has 3 nitrogen and oxygen atoms in total. The van der Waals surface area contributed by atoms with Crippen molar-refractivity contribution in [3.8, 4) is 0 Å². The fourth-order valence-corrected chi connectivity index (χ4v) is 0.883. The summed E-state index contributed by atoms with van der Waals surface area (Å²) in [6, 6.07) is 1.77. The minimum atomic E-state index is 0.263. The molecule has 0 aromatic carbocycles. The van der Waals surface area contributed by atoms with E-state index >= 15 is 0 Å². The van der Waals surface area contributed by atoms with Crippen LogP contribution in [0.3, 0.4) is 0 Å². The van der Waals surface area contributed by atoms with Crippen LogP contribution in [-0.4, -0.2) is 16.5 Å². The predicted molar refractivity (Wildman–Crippen MR) is 50.3 cm³/mol. The number of hydrogen-bond acceptors (Lipinski definition) is 3. The third kappa shape index (κ3) is 2.88. The van der Waals surface area contributed by atoms with Crippen molar-refractivity contribution in [3.05, 3.63) is 30.2 Å². The molecular weight excluding hydrogens is 174 g/mol. The Morgan fingerprint density at radius 1 is 1.67 bits per heavy atom. The van der Waals surface area contributed by atoms with E-state index in [1.54, 1.807) is 12.3 Å². The third-order valence-electron chi connectivity index (χ3n) is 1.28. The molecule has 0 aliphatic rings. The van der Waals surface area contributed by atoms with Crippen molar-refractivity contribution in [1.82, 2.24) is 9.97 Å². The zero-order chi connectivity index (χ0) is 8.81. The topological polar surface area (TPSA) is 37.8 Å². The molecule has 0 aliphatic carbocycles. The predicted octanol–water partition coefficient (Wildman–Crippen LogP) is 2.12. The van der Waals surface area contributed by atoms with Crippen LogP contribution in [0.15, 0.2) is 24.9 Å². The second-order valence-electron chi connectivity index (χ2n) is 2.22. The van der Waals surface area contributed by atoms with Gasteiger partial charge >= 0.3 is 0 Å². The first-order valence-electron chi connectivity index (χ1n) is 3.66. The van der Waals surface area contributed by atoms with Gasteiger partial charge in [-0.2, -0.15) is 0 Å². The molecule has 0 saturated carbocycles. The lowest BCUT2D eigenvalue weighted by Crippen LogP contribution is -2.02. The zero-order valence-corrected chi connectivity index (χ0v) is 7.38. The number of nitrogens with zero attached hydrogens (tertiary/aromatic N) is 2. The molecule has 0 fully saturated rings. The van der Waals surface area contributed by atoms with Gasteiger partial charge in [0.1, 0.15) is 5.82 Å². The monoisotopic (exact) mass is 183 g/mol. The molecule has 0 radical (unpaired) electrons. The number of rotatable bonds is 4. The molecule has 0 aliphatic heterocycles. The van der Waals surface area contributed by atoms with Gasteiger partial charge in [-0.1, -0.05) is 6.08 Å². The zero-order valence-electron chi connectivity index (χ0n) is 6.63. The van der Waals surface area contributed by atoms with Crippen molar-refractivity contribution < 1.29 is 0 Å². The number of halogens is 1. The Morgan fingerprint density at radius 2 is 2.50 bits per heavy atom. The van der Waals surface area contributed by atoms with Gasteiger partial charge in [-0.05, 0) is 24.1 Å². The van der Waals surface area contributed by atoms with Crippen LogP contribution >= 0.6 is 11.6 Å². The Morgan fingerprint density at radius 3 is 3.17 bits per heavy atom. The lowest BCUT2D eigenvalue weighted by Gasteiger charge is -2.01. The van der Waals surface area contributed by atoms with Gasteiger partial charge in [0.05, 0.1) is 0 Å². The van der Waals surface area contributed by atoms with Gasteiger partial charge in [-0.15, -0.1) is 6.58 Å². The van der Waals surface area contributed by atoms with Crippen molar-refractivity contribution in [2.45, 2.75) is 6.42 Å². The van der Waals surface area contributed by atoms with E-state index in [0.717, 1.165) is 18.8 Å². The first-order valence-corrected chi connectivity index (χ1v) is 4.04. The summed E-state index contributed by atoms with van der Waals surface area (Å²) in [5, 5.41) is 3.34. The summed E-state index contributed by atoms with van der Waals surface area (Å²) in [7, 11) is 0. The fraction of sp³-hybridized carbons (Fsp3) is 0.250. The van der Waals surface area contributed by atoms with Gasteiger partial charge in [-0.3, -0.25) is 0 Å². The first kappa shape index (κ1) is 9.00. The number of anilines is 1. The number of aromatic nitrogens is 2. The normalized spacial score (nSPS) is 9.42. The van der Waals surface area contributed by atoms with E-state index in [1.165, 1.54) is 0 Å². The minimum Gasteiger partial charge on any atom is -0.370 e. The smallest absolute Gasteiger partial charge is 0.224 e.